The Labute approximate surface area is 96.3 Å². The van der Waals surface area contributed by atoms with Crippen molar-refractivity contribution in [3.63, 3.8) is 0 Å². The van der Waals surface area contributed by atoms with Crippen molar-refractivity contribution in [3.05, 3.63) is 60.0 Å². The van der Waals surface area contributed by atoms with Gasteiger partial charge in [0.05, 0.1) is 16.5 Å². The normalized spacial score (nSPS) is 12.8. The quantitative estimate of drug-likeness (QED) is 0.812. The Morgan fingerprint density at radius 3 is 2.56 bits per heavy atom. The van der Waals surface area contributed by atoms with E-state index in [1.54, 1.807) is 42.2 Å². The van der Waals surface area contributed by atoms with Crippen LogP contribution in [-0.2, 0) is 10.8 Å². The largest absolute Gasteiger partial charge is 0.265 e. The minimum atomic E-state index is -1.14. The van der Waals surface area contributed by atoms with Gasteiger partial charge in [-0.15, -0.1) is 0 Å². The van der Waals surface area contributed by atoms with Crippen LogP contribution in [0.5, 0.6) is 0 Å². The molecule has 1 unspecified atom stereocenters. The summed E-state index contributed by atoms with van der Waals surface area (Å²) in [7, 11) is -1.14. The van der Waals surface area contributed by atoms with Crippen molar-refractivity contribution in [2.45, 2.75) is 4.90 Å². The highest BCUT2D eigenvalue weighted by atomic mass is 32.2. The predicted octanol–water partition coefficient (Wildman–Crippen LogP) is 2.26. The molecule has 2 rings (SSSR count). The summed E-state index contributed by atoms with van der Waals surface area (Å²) < 4.78 is 11.8. The van der Waals surface area contributed by atoms with Gasteiger partial charge in [0.2, 0.25) is 0 Å². The molecule has 0 bridgehead atoms. The van der Waals surface area contributed by atoms with E-state index in [4.69, 9.17) is 0 Å². The minimum absolute atomic E-state index is 0.738. The molecule has 0 radical (unpaired) electrons. The average molecular weight is 230 g/mol. The molecule has 2 aromatic heterocycles. The predicted molar refractivity (Wildman–Crippen MR) is 63.9 cm³/mol. The monoisotopic (exact) mass is 230 g/mol. The maximum absolute atomic E-state index is 11.8. The lowest BCUT2D eigenvalue weighted by atomic mass is 10.3. The molecule has 3 nitrogen and oxygen atoms in total. The second-order valence-corrected chi connectivity index (χ2v) is 4.38. The molecule has 0 aromatic carbocycles. The van der Waals surface area contributed by atoms with Crippen molar-refractivity contribution in [1.29, 1.82) is 0 Å². The van der Waals surface area contributed by atoms with Gasteiger partial charge in [-0.25, -0.2) is 4.21 Å². The fourth-order valence-electron chi connectivity index (χ4n) is 1.16. The van der Waals surface area contributed by atoms with E-state index in [2.05, 4.69) is 9.97 Å². The molecule has 0 N–H and O–H groups in total. The third-order valence-corrected chi connectivity index (χ3v) is 3.05. The Balaban J connectivity index is 2.12. The van der Waals surface area contributed by atoms with E-state index < -0.39 is 10.8 Å². The third-order valence-electron chi connectivity index (χ3n) is 1.93. The first kappa shape index (κ1) is 10.7. The molecule has 16 heavy (non-hydrogen) atoms. The van der Waals surface area contributed by atoms with Crippen LogP contribution in [-0.4, -0.2) is 14.2 Å². The summed E-state index contributed by atoms with van der Waals surface area (Å²) in [6.45, 7) is 0. The second kappa shape index (κ2) is 5.32. The zero-order valence-corrected chi connectivity index (χ0v) is 9.30. The lowest BCUT2D eigenvalue weighted by Crippen LogP contribution is -1.86. The topological polar surface area (TPSA) is 42.9 Å². The van der Waals surface area contributed by atoms with Gasteiger partial charge in [0, 0.05) is 28.9 Å². The van der Waals surface area contributed by atoms with Gasteiger partial charge >= 0.3 is 0 Å². The van der Waals surface area contributed by atoms with Crippen LogP contribution in [0.3, 0.4) is 0 Å². The summed E-state index contributed by atoms with van der Waals surface area (Å²) in [6.07, 6.45) is 6.70. The van der Waals surface area contributed by atoms with Crippen molar-refractivity contribution >= 4 is 16.9 Å². The number of hydrogen-bond donors (Lipinski definition) is 0. The lowest BCUT2D eigenvalue weighted by molar-refractivity contribution is 0.688. The smallest absolute Gasteiger partial charge is 0.0777 e. The molecular weight excluding hydrogens is 220 g/mol. The molecule has 0 spiro atoms. The number of nitrogens with zero attached hydrogens (tertiary/aromatic N) is 2. The first-order valence-electron chi connectivity index (χ1n) is 4.76. The lowest BCUT2D eigenvalue weighted by Gasteiger charge is -1.94. The van der Waals surface area contributed by atoms with E-state index in [0.717, 1.165) is 10.6 Å². The van der Waals surface area contributed by atoms with Crippen molar-refractivity contribution in [3.8, 4) is 0 Å². The number of rotatable bonds is 3. The fraction of sp³-hybridized carbons (Fsp3) is 0. The maximum Gasteiger partial charge on any atom is 0.0777 e. The first-order chi connectivity index (χ1) is 7.86. The van der Waals surface area contributed by atoms with E-state index in [0.29, 0.717) is 0 Å². The van der Waals surface area contributed by atoms with Gasteiger partial charge in [0.15, 0.2) is 0 Å². The van der Waals surface area contributed by atoms with E-state index in [1.165, 1.54) is 0 Å². The SMILES string of the molecule is O=S(/C=C\c1ccccn1)c1ccncc1. The Hall–Kier alpha value is -1.81. The number of aromatic nitrogens is 2. The highest BCUT2D eigenvalue weighted by Crippen LogP contribution is 2.07. The molecule has 0 aliphatic carbocycles. The van der Waals surface area contributed by atoms with Crippen LogP contribution in [0.1, 0.15) is 5.69 Å². The molecule has 0 fully saturated rings. The molecular formula is C12H10N2OS. The summed E-state index contributed by atoms with van der Waals surface area (Å²) in [6, 6.07) is 9.07. The van der Waals surface area contributed by atoms with Crippen LogP contribution >= 0.6 is 0 Å². The molecule has 4 heteroatoms. The highest BCUT2D eigenvalue weighted by Gasteiger charge is 1.97. The van der Waals surface area contributed by atoms with Crippen LogP contribution in [0.2, 0.25) is 0 Å². The van der Waals surface area contributed by atoms with Gasteiger partial charge < -0.3 is 0 Å². The summed E-state index contributed by atoms with van der Waals surface area (Å²) in [5.41, 5.74) is 0.796. The van der Waals surface area contributed by atoms with Gasteiger partial charge in [-0.3, -0.25) is 9.97 Å². The van der Waals surface area contributed by atoms with Gasteiger partial charge in [0.25, 0.3) is 0 Å². The van der Waals surface area contributed by atoms with E-state index >= 15 is 0 Å². The van der Waals surface area contributed by atoms with Gasteiger partial charge in [-0.2, -0.15) is 0 Å². The van der Waals surface area contributed by atoms with Crippen molar-refractivity contribution in [2.24, 2.45) is 0 Å². The molecule has 0 aliphatic rings. The molecule has 1 atom stereocenters. The van der Waals surface area contributed by atoms with Crippen LogP contribution in [0.4, 0.5) is 0 Å². The zero-order valence-electron chi connectivity index (χ0n) is 8.48. The Morgan fingerprint density at radius 1 is 1.06 bits per heavy atom. The molecule has 80 valence electrons. The second-order valence-electron chi connectivity index (χ2n) is 3.04. The summed E-state index contributed by atoms with van der Waals surface area (Å²) >= 11 is 0. The van der Waals surface area contributed by atoms with E-state index in [-0.39, 0.29) is 0 Å². The van der Waals surface area contributed by atoms with Crippen LogP contribution < -0.4 is 0 Å². The molecule has 0 saturated carbocycles. The molecule has 0 aliphatic heterocycles. The van der Waals surface area contributed by atoms with Crippen molar-refractivity contribution in [2.75, 3.05) is 0 Å². The average Bonchev–Trinajstić information content (AvgIpc) is 2.38. The number of pyridine rings is 2. The van der Waals surface area contributed by atoms with Crippen LogP contribution in [0.25, 0.3) is 6.08 Å². The van der Waals surface area contributed by atoms with E-state index in [9.17, 15) is 4.21 Å². The number of hydrogen-bond acceptors (Lipinski definition) is 3. The molecule has 0 saturated heterocycles. The fourth-order valence-corrected chi connectivity index (χ4v) is 1.97. The Morgan fingerprint density at radius 2 is 1.88 bits per heavy atom. The van der Waals surface area contributed by atoms with Crippen LogP contribution in [0.15, 0.2) is 59.2 Å². The summed E-state index contributed by atoms with van der Waals surface area (Å²) in [5, 5.41) is 1.62. The Kier molecular flexibility index (Phi) is 3.56. The van der Waals surface area contributed by atoms with Crippen molar-refractivity contribution < 1.29 is 4.21 Å². The molecule has 2 aromatic rings. The zero-order chi connectivity index (χ0) is 11.2. The maximum atomic E-state index is 11.8. The van der Waals surface area contributed by atoms with Crippen molar-refractivity contribution in [1.82, 2.24) is 9.97 Å². The minimum Gasteiger partial charge on any atom is -0.265 e. The van der Waals surface area contributed by atoms with Gasteiger partial charge in [0.1, 0.15) is 0 Å². The molecule has 0 amide bonds. The van der Waals surface area contributed by atoms with Gasteiger partial charge in [-0.1, -0.05) is 6.07 Å². The first-order valence-corrected chi connectivity index (χ1v) is 5.97. The summed E-state index contributed by atoms with van der Waals surface area (Å²) in [5.74, 6) is 0. The van der Waals surface area contributed by atoms with Gasteiger partial charge in [-0.05, 0) is 30.3 Å². The summed E-state index contributed by atoms with van der Waals surface area (Å²) in [4.78, 5) is 8.72. The third kappa shape index (κ3) is 2.84. The van der Waals surface area contributed by atoms with E-state index in [1.807, 2.05) is 18.2 Å². The van der Waals surface area contributed by atoms with Crippen LogP contribution in [0, 0.1) is 0 Å². The molecule has 2 heterocycles. The standard InChI is InChI=1S/C12H10N2OS/c15-16(12-4-8-13-9-5-12)10-6-11-3-1-2-7-14-11/h1-10H/b10-6-. The highest BCUT2D eigenvalue weighted by molar-refractivity contribution is 7.88. The Bertz CT molecular complexity index is 497.